The minimum atomic E-state index is -0.241. The monoisotopic (exact) mass is 360 g/mol. The fraction of sp³-hybridized carbons (Fsp3) is 0.500. The highest BCUT2D eigenvalue weighted by Crippen LogP contribution is 2.25. The number of piperidine rings is 1. The average molecular weight is 360 g/mol. The van der Waals surface area contributed by atoms with Crippen LogP contribution in [0.5, 0.6) is 0 Å². The van der Waals surface area contributed by atoms with Crippen LogP contribution in [0, 0.1) is 5.82 Å². The van der Waals surface area contributed by atoms with Gasteiger partial charge in [-0.1, -0.05) is 6.07 Å². The first kappa shape index (κ1) is 18.3. The molecule has 1 saturated heterocycles. The molecule has 1 aliphatic heterocycles. The number of guanidine groups is 1. The van der Waals surface area contributed by atoms with Gasteiger partial charge in [-0.25, -0.2) is 9.37 Å². The van der Waals surface area contributed by atoms with Crippen LogP contribution in [0.4, 0.5) is 4.39 Å². The van der Waals surface area contributed by atoms with Gasteiger partial charge in [0.25, 0.3) is 0 Å². The third kappa shape index (κ3) is 4.37. The molecular formula is C18H25FN6O. The SMILES string of the molecule is CN=C(NCc1ccc(F)c(COC)c1)N1CCC(c2ncn[nH]2)CC1. The number of hydrogen-bond donors (Lipinski definition) is 2. The third-order valence-electron chi connectivity index (χ3n) is 4.69. The van der Waals surface area contributed by atoms with Crippen molar-refractivity contribution in [3.05, 3.63) is 47.3 Å². The number of halogens is 1. The lowest BCUT2D eigenvalue weighted by atomic mass is 9.96. The number of ether oxygens (including phenoxy) is 1. The molecule has 2 heterocycles. The van der Waals surface area contributed by atoms with Crippen LogP contribution in [0.15, 0.2) is 29.5 Å². The summed E-state index contributed by atoms with van der Waals surface area (Å²) in [6, 6.07) is 5.09. The van der Waals surface area contributed by atoms with Crippen molar-refractivity contribution >= 4 is 5.96 Å². The van der Waals surface area contributed by atoms with Crippen LogP contribution in [0.2, 0.25) is 0 Å². The van der Waals surface area contributed by atoms with Gasteiger partial charge in [-0.3, -0.25) is 10.1 Å². The predicted molar refractivity (Wildman–Crippen MR) is 97.2 cm³/mol. The van der Waals surface area contributed by atoms with Gasteiger partial charge in [0.05, 0.1) is 6.61 Å². The molecule has 0 amide bonds. The van der Waals surface area contributed by atoms with Crippen molar-refractivity contribution in [3.8, 4) is 0 Å². The molecule has 3 rings (SSSR count). The van der Waals surface area contributed by atoms with Crippen LogP contribution in [0.25, 0.3) is 0 Å². The summed E-state index contributed by atoms with van der Waals surface area (Å²) in [5, 5.41) is 10.3. The Labute approximate surface area is 152 Å². The molecule has 0 saturated carbocycles. The van der Waals surface area contributed by atoms with Crippen LogP contribution < -0.4 is 5.32 Å². The Hall–Kier alpha value is -2.48. The fourth-order valence-electron chi connectivity index (χ4n) is 3.29. The maximum absolute atomic E-state index is 13.7. The van der Waals surface area contributed by atoms with Crippen molar-refractivity contribution < 1.29 is 9.13 Å². The Kier molecular flexibility index (Phi) is 6.17. The molecule has 1 aromatic carbocycles. The average Bonchev–Trinajstić information content (AvgIpc) is 3.20. The molecule has 8 heteroatoms. The van der Waals surface area contributed by atoms with E-state index in [-0.39, 0.29) is 12.4 Å². The number of hydrogen-bond acceptors (Lipinski definition) is 4. The first-order valence-electron chi connectivity index (χ1n) is 8.78. The maximum atomic E-state index is 13.7. The van der Waals surface area contributed by atoms with Crippen molar-refractivity contribution in [2.75, 3.05) is 27.2 Å². The smallest absolute Gasteiger partial charge is 0.193 e. The standard InChI is InChI=1S/C18H25FN6O/c1-20-18(21-10-13-3-4-16(19)15(9-13)11-26-2)25-7-5-14(6-8-25)17-22-12-23-24-17/h3-4,9,12,14H,5-8,10-11H2,1-2H3,(H,20,21)(H,22,23,24). The Morgan fingerprint density at radius 1 is 1.42 bits per heavy atom. The summed E-state index contributed by atoms with van der Waals surface area (Å²) in [6.45, 7) is 2.67. The van der Waals surface area contributed by atoms with Crippen molar-refractivity contribution in [1.82, 2.24) is 25.4 Å². The number of nitrogens with zero attached hydrogens (tertiary/aromatic N) is 4. The molecule has 1 aromatic heterocycles. The normalized spacial score (nSPS) is 16.1. The lowest BCUT2D eigenvalue weighted by Crippen LogP contribution is -2.45. The van der Waals surface area contributed by atoms with E-state index in [9.17, 15) is 4.39 Å². The lowest BCUT2D eigenvalue weighted by Gasteiger charge is -2.33. The number of aromatic amines is 1. The zero-order valence-corrected chi connectivity index (χ0v) is 15.2. The number of likely N-dealkylation sites (tertiary alicyclic amines) is 1. The van der Waals surface area contributed by atoms with E-state index in [0.717, 1.165) is 43.3 Å². The molecule has 0 unspecified atom stereocenters. The molecule has 1 aliphatic rings. The van der Waals surface area contributed by atoms with Gasteiger partial charge in [0.2, 0.25) is 0 Å². The topological polar surface area (TPSA) is 78.4 Å². The molecule has 7 nitrogen and oxygen atoms in total. The highest BCUT2D eigenvalue weighted by molar-refractivity contribution is 5.80. The fourth-order valence-corrected chi connectivity index (χ4v) is 3.29. The zero-order chi connectivity index (χ0) is 18.4. The third-order valence-corrected chi connectivity index (χ3v) is 4.69. The molecule has 0 spiro atoms. The second kappa shape index (κ2) is 8.75. The van der Waals surface area contributed by atoms with E-state index in [1.54, 1.807) is 26.6 Å². The molecule has 2 aromatic rings. The zero-order valence-electron chi connectivity index (χ0n) is 15.2. The van der Waals surface area contributed by atoms with Crippen LogP contribution in [0.1, 0.15) is 35.7 Å². The number of H-pyrrole nitrogens is 1. The van der Waals surface area contributed by atoms with E-state index < -0.39 is 0 Å². The summed E-state index contributed by atoms with van der Waals surface area (Å²) in [6.07, 6.45) is 3.57. The summed E-state index contributed by atoms with van der Waals surface area (Å²) in [5.74, 6) is 2.00. The Morgan fingerprint density at radius 3 is 2.88 bits per heavy atom. The summed E-state index contributed by atoms with van der Waals surface area (Å²) < 4.78 is 18.8. The number of aromatic nitrogens is 3. The number of rotatable bonds is 5. The molecule has 140 valence electrons. The summed E-state index contributed by atoms with van der Waals surface area (Å²) in [7, 11) is 3.35. The highest BCUT2D eigenvalue weighted by Gasteiger charge is 2.24. The van der Waals surface area contributed by atoms with E-state index in [1.165, 1.54) is 6.07 Å². The summed E-state index contributed by atoms with van der Waals surface area (Å²) in [4.78, 5) is 10.9. The first-order chi connectivity index (χ1) is 12.7. The predicted octanol–water partition coefficient (Wildman–Crippen LogP) is 2.05. The van der Waals surface area contributed by atoms with E-state index in [2.05, 4.69) is 30.4 Å². The highest BCUT2D eigenvalue weighted by atomic mass is 19.1. The van der Waals surface area contributed by atoms with Crippen LogP contribution >= 0.6 is 0 Å². The van der Waals surface area contributed by atoms with E-state index in [4.69, 9.17) is 4.74 Å². The number of methoxy groups -OCH3 is 1. The molecule has 26 heavy (non-hydrogen) atoms. The van der Waals surface area contributed by atoms with Gasteiger partial charge in [0, 0.05) is 45.3 Å². The number of aliphatic imine (C=N–C) groups is 1. The summed E-state index contributed by atoms with van der Waals surface area (Å²) >= 11 is 0. The Morgan fingerprint density at radius 2 is 2.23 bits per heavy atom. The molecule has 2 N–H and O–H groups in total. The lowest BCUT2D eigenvalue weighted by molar-refractivity contribution is 0.181. The largest absolute Gasteiger partial charge is 0.380 e. The van der Waals surface area contributed by atoms with E-state index >= 15 is 0 Å². The molecule has 0 bridgehead atoms. The molecule has 0 aliphatic carbocycles. The second-order valence-corrected chi connectivity index (χ2v) is 6.39. The molecular weight excluding hydrogens is 335 g/mol. The Bertz CT molecular complexity index is 725. The van der Waals surface area contributed by atoms with Crippen LogP contribution in [-0.4, -0.2) is 53.3 Å². The number of nitrogens with one attached hydrogen (secondary N) is 2. The van der Waals surface area contributed by atoms with Gasteiger partial charge in [0.1, 0.15) is 18.0 Å². The van der Waals surface area contributed by atoms with E-state index in [0.29, 0.717) is 18.0 Å². The maximum Gasteiger partial charge on any atom is 0.193 e. The van der Waals surface area contributed by atoms with Gasteiger partial charge in [0.15, 0.2) is 5.96 Å². The quantitative estimate of drug-likeness (QED) is 0.630. The minimum Gasteiger partial charge on any atom is -0.380 e. The van der Waals surface area contributed by atoms with E-state index in [1.807, 2.05) is 6.07 Å². The summed E-state index contributed by atoms with van der Waals surface area (Å²) in [5.41, 5.74) is 1.56. The van der Waals surface area contributed by atoms with Crippen molar-refractivity contribution in [2.45, 2.75) is 31.9 Å². The number of benzene rings is 1. The second-order valence-electron chi connectivity index (χ2n) is 6.39. The van der Waals surface area contributed by atoms with Crippen molar-refractivity contribution in [1.29, 1.82) is 0 Å². The Balaban J connectivity index is 1.55. The molecule has 0 atom stereocenters. The van der Waals surface area contributed by atoms with Crippen LogP contribution in [-0.2, 0) is 17.9 Å². The molecule has 1 fully saturated rings. The van der Waals surface area contributed by atoms with Crippen molar-refractivity contribution in [3.63, 3.8) is 0 Å². The van der Waals surface area contributed by atoms with Crippen molar-refractivity contribution in [2.24, 2.45) is 4.99 Å². The first-order valence-corrected chi connectivity index (χ1v) is 8.78. The van der Waals surface area contributed by atoms with Gasteiger partial charge in [-0.15, -0.1) is 0 Å². The van der Waals surface area contributed by atoms with Gasteiger partial charge >= 0.3 is 0 Å². The van der Waals surface area contributed by atoms with Gasteiger partial charge in [-0.2, -0.15) is 5.10 Å². The van der Waals surface area contributed by atoms with Gasteiger partial charge in [-0.05, 0) is 30.5 Å². The minimum absolute atomic E-state index is 0.241. The van der Waals surface area contributed by atoms with Gasteiger partial charge < -0.3 is 15.0 Å². The van der Waals surface area contributed by atoms with Crippen LogP contribution in [0.3, 0.4) is 0 Å². The molecule has 0 radical (unpaired) electrons.